The second-order valence-electron chi connectivity index (χ2n) is 3.92. The van der Waals surface area contributed by atoms with Gasteiger partial charge >= 0.3 is 0 Å². The van der Waals surface area contributed by atoms with Crippen LogP contribution in [0, 0.1) is 0 Å². The molecule has 90 valence electrons. The van der Waals surface area contributed by atoms with Crippen LogP contribution in [0.15, 0.2) is 42.5 Å². The van der Waals surface area contributed by atoms with Gasteiger partial charge in [-0.05, 0) is 24.3 Å². The highest BCUT2D eigenvalue weighted by atomic mass is 16.5. The lowest BCUT2D eigenvalue weighted by Gasteiger charge is -2.07. The van der Waals surface area contributed by atoms with E-state index in [1.54, 1.807) is 17.9 Å². The van der Waals surface area contributed by atoms with Crippen LogP contribution in [0.2, 0.25) is 0 Å². The van der Waals surface area contributed by atoms with E-state index >= 15 is 0 Å². The zero-order valence-corrected chi connectivity index (χ0v) is 9.87. The zero-order valence-electron chi connectivity index (χ0n) is 9.87. The fraction of sp³-hybridized carbons (Fsp3) is 0.0769. The molecule has 0 radical (unpaired) electrons. The third kappa shape index (κ3) is 1.57. The van der Waals surface area contributed by atoms with E-state index in [1.165, 1.54) is 0 Å². The number of nitrogens with zero attached hydrogens (tertiary/aromatic N) is 3. The molecule has 0 fully saturated rings. The lowest BCUT2D eigenvalue weighted by molar-refractivity contribution is 0.416. The maximum atomic E-state index is 5.80. The molecular weight excluding hydrogens is 228 g/mol. The average molecular weight is 240 g/mol. The molecule has 5 heteroatoms. The second kappa shape index (κ2) is 4.03. The molecule has 0 atom stereocenters. The Morgan fingerprint density at radius 2 is 2.00 bits per heavy atom. The first kappa shape index (κ1) is 10.6. The van der Waals surface area contributed by atoms with Gasteiger partial charge in [0.1, 0.15) is 11.3 Å². The van der Waals surface area contributed by atoms with Gasteiger partial charge in [-0.1, -0.05) is 17.3 Å². The van der Waals surface area contributed by atoms with Crippen molar-refractivity contribution in [2.24, 2.45) is 0 Å². The van der Waals surface area contributed by atoms with Crippen molar-refractivity contribution in [3.8, 4) is 11.4 Å². The summed E-state index contributed by atoms with van der Waals surface area (Å²) in [5.74, 6) is 0.632. The van der Waals surface area contributed by atoms with Gasteiger partial charge in [0.25, 0.3) is 0 Å². The molecule has 0 saturated carbocycles. The monoisotopic (exact) mass is 240 g/mol. The topological polar surface area (TPSA) is 66.0 Å². The molecule has 2 N–H and O–H groups in total. The van der Waals surface area contributed by atoms with Crippen LogP contribution < -0.4 is 10.5 Å². The van der Waals surface area contributed by atoms with E-state index in [1.807, 2.05) is 36.4 Å². The molecule has 0 spiro atoms. The van der Waals surface area contributed by atoms with Crippen LogP contribution in [0.3, 0.4) is 0 Å². The SMILES string of the molecule is COc1cc(-n2nnc3ccccc32)ccc1N. The minimum absolute atomic E-state index is 0.602. The standard InChI is InChI=1S/C13H12N4O/c1-18-13-8-9(6-7-10(13)14)17-12-5-3-2-4-11(12)15-16-17/h2-8H,14H2,1H3. The molecule has 5 nitrogen and oxygen atoms in total. The number of nitrogen functional groups attached to an aromatic ring is 1. The van der Waals surface area contributed by atoms with Crippen molar-refractivity contribution in [2.75, 3.05) is 12.8 Å². The number of hydrogen-bond donors (Lipinski definition) is 1. The van der Waals surface area contributed by atoms with Crippen molar-refractivity contribution in [3.63, 3.8) is 0 Å². The number of benzene rings is 2. The van der Waals surface area contributed by atoms with Gasteiger partial charge in [-0.15, -0.1) is 5.10 Å². The summed E-state index contributed by atoms with van der Waals surface area (Å²) in [5.41, 5.74) is 9.07. The Morgan fingerprint density at radius 3 is 2.83 bits per heavy atom. The van der Waals surface area contributed by atoms with Crippen molar-refractivity contribution >= 4 is 16.7 Å². The van der Waals surface area contributed by atoms with Crippen LogP contribution in [-0.4, -0.2) is 22.1 Å². The molecule has 0 amide bonds. The van der Waals surface area contributed by atoms with E-state index < -0.39 is 0 Å². The maximum absolute atomic E-state index is 5.80. The van der Waals surface area contributed by atoms with Gasteiger partial charge in [0.05, 0.1) is 24.0 Å². The van der Waals surface area contributed by atoms with Crippen LogP contribution >= 0.6 is 0 Å². The number of anilines is 1. The molecule has 18 heavy (non-hydrogen) atoms. The summed E-state index contributed by atoms with van der Waals surface area (Å²) in [4.78, 5) is 0. The molecule has 2 aromatic carbocycles. The Balaban J connectivity index is 2.20. The number of ether oxygens (including phenoxy) is 1. The Kier molecular flexibility index (Phi) is 2.37. The molecule has 0 aliphatic heterocycles. The molecule has 0 aliphatic rings. The number of methoxy groups -OCH3 is 1. The summed E-state index contributed by atoms with van der Waals surface area (Å²) in [6.45, 7) is 0. The number of fused-ring (bicyclic) bond motifs is 1. The second-order valence-corrected chi connectivity index (χ2v) is 3.92. The highest BCUT2D eigenvalue weighted by Gasteiger charge is 2.07. The van der Waals surface area contributed by atoms with Crippen LogP contribution in [0.1, 0.15) is 0 Å². The predicted molar refractivity (Wildman–Crippen MR) is 69.8 cm³/mol. The van der Waals surface area contributed by atoms with Crippen LogP contribution in [0.5, 0.6) is 5.75 Å². The number of para-hydroxylation sites is 1. The summed E-state index contributed by atoms with van der Waals surface area (Å²) in [7, 11) is 1.59. The van der Waals surface area contributed by atoms with Gasteiger partial charge in [0, 0.05) is 6.07 Å². The van der Waals surface area contributed by atoms with Crippen LogP contribution in [-0.2, 0) is 0 Å². The van der Waals surface area contributed by atoms with Gasteiger partial charge in [0.2, 0.25) is 0 Å². The fourth-order valence-corrected chi connectivity index (χ4v) is 1.89. The Bertz CT molecular complexity index is 705. The summed E-state index contributed by atoms with van der Waals surface area (Å²) in [6, 6.07) is 13.3. The highest BCUT2D eigenvalue weighted by molar-refractivity contribution is 5.76. The first-order chi connectivity index (χ1) is 8.79. The number of nitrogens with two attached hydrogens (primary N) is 1. The predicted octanol–water partition coefficient (Wildman–Crippen LogP) is 2.01. The highest BCUT2D eigenvalue weighted by Crippen LogP contribution is 2.25. The van der Waals surface area contributed by atoms with Crippen LogP contribution in [0.25, 0.3) is 16.7 Å². The van der Waals surface area contributed by atoms with E-state index in [0.717, 1.165) is 16.7 Å². The van der Waals surface area contributed by atoms with Crippen LogP contribution in [0.4, 0.5) is 5.69 Å². The zero-order chi connectivity index (χ0) is 12.5. The lowest BCUT2D eigenvalue weighted by atomic mass is 10.2. The molecule has 0 bridgehead atoms. The van der Waals surface area contributed by atoms with E-state index in [2.05, 4.69) is 10.3 Å². The minimum Gasteiger partial charge on any atom is -0.495 e. The Hall–Kier alpha value is -2.56. The molecule has 0 unspecified atom stereocenters. The molecule has 0 saturated heterocycles. The first-order valence-corrected chi connectivity index (χ1v) is 5.54. The van der Waals surface area contributed by atoms with Crippen molar-refractivity contribution in [3.05, 3.63) is 42.5 Å². The molecule has 3 aromatic rings. The number of rotatable bonds is 2. The third-order valence-electron chi connectivity index (χ3n) is 2.81. The van der Waals surface area contributed by atoms with Gasteiger partial charge < -0.3 is 10.5 Å². The third-order valence-corrected chi connectivity index (χ3v) is 2.81. The molecule has 0 aliphatic carbocycles. The molecule has 1 aromatic heterocycles. The van der Waals surface area contributed by atoms with E-state index in [4.69, 9.17) is 10.5 Å². The average Bonchev–Trinajstić information content (AvgIpc) is 2.83. The normalized spacial score (nSPS) is 10.7. The maximum Gasteiger partial charge on any atom is 0.143 e. The van der Waals surface area contributed by atoms with E-state index in [9.17, 15) is 0 Å². The molecule has 1 heterocycles. The largest absolute Gasteiger partial charge is 0.495 e. The lowest BCUT2D eigenvalue weighted by Crippen LogP contribution is -1.99. The van der Waals surface area contributed by atoms with Crippen molar-refractivity contribution < 1.29 is 4.74 Å². The summed E-state index contributed by atoms with van der Waals surface area (Å²) in [6.07, 6.45) is 0. The minimum atomic E-state index is 0.602. The molecular formula is C13H12N4O. The Labute approximate surface area is 104 Å². The van der Waals surface area contributed by atoms with Crippen molar-refractivity contribution in [1.29, 1.82) is 0 Å². The van der Waals surface area contributed by atoms with Gasteiger partial charge in [-0.2, -0.15) is 0 Å². The Morgan fingerprint density at radius 1 is 1.17 bits per heavy atom. The van der Waals surface area contributed by atoms with Crippen molar-refractivity contribution in [1.82, 2.24) is 15.0 Å². The quantitative estimate of drug-likeness (QED) is 0.696. The van der Waals surface area contributed by atoms with Crippen molar-refractivity contribution in [2.45, 2.75) is 0 Å². The fourth-order valence-electron chi connectivity index (χ4n) is 1.89. The van der Waals surface area contributed by atoms with E-state index in [0.29, 0.717) is 11.4 Å². The summed E-state index contributed by atoms with van der Waals surface area (Å²) < 4.78 is 6.97. The van der Waals surface area contributed by atoms with Gasteiger partial charge in [-0.3, -0.25) is 0 Å². The number of hydrogen-bond acceptors (Lipinski definition) is 4. The van der Waals surface area contributed by atoms with E-state index in [-0.39, 0.29) is 0 Å². The first-order valence-electron chi connectivity index (χ1n) is 5.54. The molecule has 3 rings (SSSR count). The van der Waals surface area contributed by atoms with Gasteiger partial charge in [-0.25, -0.2) is 4.68 Å². The number of aromatic nitrogens is 3. The van der Waals surface area contributed by atoms with Gasteiger partial charge in [0.15, 0.2) is 0 Å². The summed E-state index contributed by atoms with van der Waals surface area (Å²) >= 11 is 0. The smallest absolute Gasteiger partial charge is 0.143 e. The summed E-state index contributed by atoms with van der Waals surface area (Å²) in [5, 5.41) is 8.25.